The molecule has 0 amide bonds. The first-order chi connectivity index (χ1) is 12.9. The van der Waals surface area contributed by atoms with Gasteiger partial charge in [-0.25, -0.2) is 0 Å². The van der Waals surface area contributed by atoms with E-state index in [1.165, 1.54) is 0 Å². The Bertz CT molecular complexity index is 732. The number of benzene rings is 1. The summed E-state index contributed by atoms with van der Waals surface area (Å²) in [6, 6.07) is 5.77. The van der Waals surface area contributed by atoms with Crippen LogP contribution in [0.15, 0.2) is 18.2 Å². The number of hydrogen-bond acceptors (Lipinski definition) is 5. The molecule has 2 heterocycles. The van der Waals surface area contributed by atoms with Crippen molar-refractivity contribution in [3.8, 4) is 11.5 Å². The van der Waals surface area contributed by atoms with Gasteiger partial charge in [0.2, 0.25) is 0 Å². The summed E-state index contributed by atoms with van der Waals surface area (Å²) in [5.74, 6) is 2.06. The summed E-state index contributed by atoms with van der Waals surface area (Å²) in [5.41, 5.74) is 1.05. The second kappa shape index (κ2) is 8.77. The standard InChI is InChI=1S/C19H31N3O4S/c1-16-5-4-8-22(14-16)27(23,24)21-11-9-20(10-12-21)15-17-13-18(25-2)6-7-19(17)26-3/h6-7,13,16H,4-5,8-12,14-15H2,1-3H3. The van der Waals surface area contributed by atoms with Crippen LogP contribution in [0.2, 0.25) is 0 Å². The van der Waals surface area contributed by atoms with Crippen molar-refractivity contribution in [3.05, 3.63) is 23.8 Å². The first-order valence-corrected chi connectivity index (χ1v) is 11.0. The number of hydrogen-bond donors (Lipinski definition) is 0. The Morgan fingerprint density at radius 1 is 1.04 bits per heavy atom. The van der Waals surface area contributed by atoms with Crippen molar-refractivity contribution in [2.45, 2.75) is 26.3 Å². The van der Waals surface area contributed by atoms with Crippen LogP contribution in [0.3, 0.4) is 0 Å². The van der Waals surface area contributed by atoms with E-state index in [-0.39, 0.29) is 0 Å². The van der Waals surface area contributed by atoms with Gasteiger partial charge in [-0.2, -0.15) is 17.0 Å². The molecule has 1 atom stereocenters. The second-order valence-electron chi connectivity index (χ2n) is 7.47. The molecule has 1 aromatic carbocycles. The highest BCUT2D eigenvalue weighted by molar-refractivity contribution is 7.86. The molecular formula is C19H31N3O4S. The molecule has 152 valence electrons. The molecule has 0 saturated carbocycles. The van der Waals surface area contributed by atoms with E-state index in [4.69, 9.17) is 9.47 Å². The molecule has 2 saturated heterocycles. The lowest BCUT2D eigenvalue weighted by Crippen LogP contribution is -2.54. The Kier molecular flexibility index (Phi) is 6.62. The van der Waals surface area contributed by atoms with E-state index >= 15 is 0 Å². The van der Waals surface area contributed by atoms with Gasteiger partial charge in [-0.1, -0.05) is 6.92 Å². The van der Waals surface area contributed by atoms with Crippen LogP contribution in [0.25, 0.3) is 0 Å². The van der Waals surface area contributed by atoms with Gasteiger partial charge in [0.25, 0.3) is 10.2 Å². The smallest absolute Gasteiger partial charge is 0.282 e. The van der Waals surface area contributed by atoms with Crippen molar-refractivity contribution in [2.24, 2.45) is 5.92 Å². The van der Waals surface area contributed by atoms with Gasteiger partial charge in [-0.3, -0.25) is 4.90 Å². The average Bonchev–Trinajstić information content (AvgIpc) is 2.68. The van der Waals surface area contributed by atoms with Gasteiger partial charge in [0.1, 0.15) is 11.5 Å². The van der Waals surface area contributed by atoms with Crippen molar-refractivity contribution >= 4 is 10.2 Å². The lowest BCUT2D eigenvalue weighted by Gasteiger charge is -2.38. The topological polar surface area (TPSA) is 62.3 Å². The van der Waals surface area contributed by atoms with Crippen molar-refractivity contribution in [2.75, 3.05) is 53.5 Å². The van der Waals surface area contributed by atoms with E-state index in [1.807, 2.05) is 18.2 Å². The first kappa shape index (κ1) is 20.4. The molecule has 0 aliphatic carbocycles. The maximum atomic E-state index is 12.9. The zero-order valence-corrected chi connectivity index (χ0v) is 17.4. The van der Waals surface area contributed by atoms with Crippen molar-refractivity contribution in [3.63, 3.8) is 0 Å². The van der Waals surface area contributed by atoms with Gasteiger partial charge in [-0.15, -0.1) is 0 Å². The normalized spacial score (nSPS) is 23.3. The number of methoxy groups -OCH3 is 2. The first-order valence-electron chi connectivity index (χ1n) is 9.62. The fourth-order valence-corrected chi connectivity index (χ4v) is 5.64. The highest BCUT2D eigenvalue weighted by Crippen LogP contribution is 2.26. The van der Waals surface area contributed by atoms with E-state index in [1.54, 1.807) is 22.8 Å². The predicted octanol–water partition coefficient (Wildman–Crippen LogP) is 1.80. The molecule has 3 rings (SSSR count). The molecule has 2 aliphatic heterocycles. The van der Waals surface area contributed by atoms with E-state index in [0.29, 0.717) is 45.2 Å². The van der Waals surface area contributed by atoms with E-state index in [0.717, 1.165) is 36.4 Å². The number of rotatable bonds is 6. The summed E-state index contributed by atoms with van der Waals surface area (Å²) in [6.45, 7) is 6.61. The number of piperazine rings is 1. The number of nitrogens with zero attached hydrogens (tertiary/aromatic N) is 3. The molecule has 1 aromatic rings. The van der Waals surface area contributed by atoms with Crippen LogP contribution in [-0.4, -0.2) is 75.4 Å². The maximum absolute atomic E-state index is 12.9. The molecule has 0 spiro atoms. The van der Waals surface area contributed by atoms with E-state index in [2.05, 4.69) is 11.8 Å². The molecule has 8 heteroatoms. The molecule has 1 unspecified atom stereocenters. The second-order valence-corrected chi connectivity index (χ2v) is 9.39. The fraction of sp³-hybridized carbons (Fsp3) is 0.684. The van der Waals surface area contributed by atoms with Crippen molar-refractivity contribution in [1.82, 2.24) is 13.5 Å². The van der Waals surface area contributed by atoms with Gasteiger partial charge in [0.05, 0.1) is 14.2 Å². The SMILES string of the molecule is COc1ccc(OC)c(CN2CCN(S(=O)(=O)N3CCCC(C)C3)CC2)c1. The molecule has 2 fully saturated rings. The minimum atomic E-state index is -3.34. The molecular weight excluding hydrogens is 366 g/mol. The van der Waals surface area contributed by atoms with Crippen molar-refractivity contribution in [1.29, 1.82) is 0 Å². The Morgan fingerprint density at radius 2 is 1.78 bits per heavy atom. The Balaban J connectivity index is 1.60. The number of ether oxygens (including phenoxy) is 2. The van der Waals surface area contributed by atoms with Gasteiger partial charge in [0, 0.05) is 51.4 Å². The summed E-state index contributed by atoms with van der Waals surface area (Å²) in [4.78, 5) is 2.27. The monoisotopic (exact) mass is 397 g/mol. The third kappa shape index (κ3) is 4.74. The molecule has 0 bridgehead atoms. The van der Waals surface area contributed by atoms with Crippen molar-refractivity contribution < 1.29 is 17.9 Å². The van der Waals surface area contributed by atoms with Crippen LogP contribution in [0.4, 0.5) is 0 Å². The molecule has 0 radical (unpaired) electrons. The highest BCUT2D eigenvalue weighted by atomic mass is 32.2. The lowest BCUT2D eigenvalue weighted by molar-refractivity contribution is 0.168. The van der Waals surface area contributed by atoms with Gasteiger partial charge in [0.15, 0.2) is 0 Å². The minimum Gasteiger partial charge on any atom is -0.497 e. The van der Waals surface area contributed by atoms with E-state index < -0.39 is 10.2 Å². The van der Waals surface area contributed by atoms with E-state index in [9.17, 15) is 8.42 Å². The van der Waals surface area contributed by atoms with Crippen LogP contribution in [0.5, 0.6) is 11.5 Å². The van der Waals surface area contributed by atoms with Gasteiger partial charge >= 0.3 is 0 Å². The Labute approximate surface area is 163 Å². The lowest BCUT2D eigenvalue weighted by atomic mass is 10.0. The third-order valence-electron chi connectivity index (χ3n) is 5.49. The largest absolute Gasteiger partial charge is 0.497 e. The zero-order valence-electron chi connectivity index (χ0n) is 16.6. The third-order valence-corrected chi connectivity index (χ3v) is 7.49. The number of piperidine rings is 1. The summed E-state index contributed by atoms with van der Waals surface area (Å²) in [5, 5.41) is 0. The van der Waals surface area contributed by atoms with Gasteiger partial charge < -0.3 is 9.47 Å². The quantitative estimate of drug-likeness (QED) is 0.733. The molecule has 0 N–H and O–H groups in total. The average molecular weight is 398 g/mol. The van der Waals surface area contributed by atoms with Crippen LogP contribution in [-0.2, 0) is 16.8 Å². The van der Waals surface area contributed by atoms with Crippen LogP contribution in [0, 0.1) is 5.92 Å². The van der Waals surface area contributed by atoms with Crippen LogP contribution >= 0.6 is 0 Å². The zero-order chi connectivity index (χ0) is 19.4. The van der Waals surface area contributed by atoms with Crippen LogP contribution in [0.1, 0.15) is 25.3 Å². The molecule has 2 aliphatic rings. The summed E-state index contributed by atoms with van der Waals surface area (Å²) in [6.07, 6.45) is 2.07. The van der Waals surface area contributed by atoms with Crippen LogP contribution < -0.4 is 9.47 Å². The maximum Gasteiger partial charge on any atom is 0.282 e. The molecule has 0 aromatic heterocycles. The Hall–Kier alpha value is -1.35. The molecule has 27 heavy (non-hydrogen) atoms. The minimum absolute atomic E-state index is 0.440. The summed E-state index contributed by atoms with van der Waals surface area (Å²) < 4.78 is 39.9. The summed E-state index contributed by atoms with van der Waals surface area (Å²) in [7, 11) is -0.0309. The predicted molar refractivity (Wildman–Crippen MR) is 105 cm³/mol. The molecule has 7 nitrogen and oxygen atoms in total. The fourth-order valence-electron chi connectivity index (χ4n) is 3.88. The van der Waals surface area contributed by atoms with Gasteiger partial charge in [-0.05, 0) is 37.0 Å². The Morgan fingerprint density at radius 3 is 2.41 bits per heavy atom. The summed E-state index contributed by atoms with van der Waals surface area (Å²) >= 11 is 0. The highest BCUT2D eigenvalue weighted by Gasteiger charge is 2.34.